The van der Waals surface area contributed by atoms with Crippen molar-refractivity contribution in [2.45, 2.75) is 37.7 Å². The van der Waals surface area contributed by atoms with E-state index in [-0.39, 0.29) is 29.6 Å². The summed E-state index contributed by atoms with van der Waals surface area (Å²) in [6.07, 6.45) is 4.43. The minimum atomic E-state index is -0.306. The molecular weight excluding hydrogens is 333 g/mol. The molecule has 0 saturated carbocycles. The van der Waals surface area contributed by atoms with E-state index in [0.29, 0.717) is 18.8 Å². The number of hydrogen-bond acceptors (Lipinski definition) is 4. The van der Waals surface area contributed by atoms with Gasteiger partial charge < -0.3 is 14.4 Å². The molecule has 0 radical (unpaired) electrons. The molecule has 2 fully saturated rings. The maximum absolute atomic E-state index is 12.9. The van der Waals surface area contributed by atoms with Gasteiger partial charge in [-0.25, -0.2) is 4.39 Å². The predicted octanol–water partition coefficient (Wildman–Crippen LogP) is 3.44. The largest absolute Gasteiger partial charge is 0.355 e. The molecule has 134 valence electrons. The fourth-order valence-corrected chi connectivity index (χ4v) is 3.38. The Morgan fingerprint density at radius 3 is 2.50 bits per heavy atom. The van der Waals surface area contributed by atoms with Gasteiger partial charge in [0.15, 0.2) is 5.78 Å². The van der Waals surface area contributed by atoms with Gasteiger partial charge in [0.1, 0.15) is 12.6 Å². The Balaban J connectivity index is 0.00000208. The normalized spacial score (nSPS) is 20.5. The Morgan fingerprint density at radius 2 is 1.88 bits per heavy atom. The molecule has 24 heavy (non-hydrogen) atoms. The molecule has 0 amide bonds. The van der Waals surface area contributed by atoms with E-state index in [1.54, 1.807) is 12.1 Å². The van der Waals surface area contributed by atoms with Crippen LogP contribution >= 0.6 is 12.4 Å². The van der Waals surface area contributed by atoms with Crippen molar-refractivity contribution >= 4 is 18.2 Å². The molecule has 6 heteroatoms. The summed E-state index contributed by atoms with van der Waals surface area (Å²) in [6, 6.07) is 5.80. The van der Waals surface area contributed by atoms with Crippen LogP contribution in [0.4, 0.5) is 4.39 Å². The maximum atomic E-state index is 12.9. The zero-order valence-electron chi connectivity index (χ0n) is 13.8. The van der Waals surface area contributed by atoms with Gasteiger partial charge in [-0.2, -0.15) is 0 Å². The summed E-state index contributed by atoms with van der Waals surface area (Å²) in [5.74, 6) is -0.217. The van der Waals surface area contributed by atoms with Crippen molar-refractivity contribution in [3.05, 3.63) is 35.6 Å². The second-order valence-electron chi connectivity index (χ2n) is 6.48. The van der Waals surface area contributed by atoms with E-state index in [9.17, 15) is 9.18 Å². The highest BCUT2D eigenvalue weighted by atomic mass is 35.5. The summed E-state index contributed by atoms with van der Waals surface area (Å²) in [4.78, 5) is 14.5. The minimum absolute atomic E-state index is 0. The van der Waals surface area contributed by atoms with Gasteiger partial charge in [-0.15, -0.1) is 12.4 Å². The number of rotatable bonds is 5. The van der Waals surface area contributed by atoms with E-state index < -0.39 is 0 Å². The summed E-state index contributed by atoms with van der Waals surface area (Å²) in [5, 5.41) is 0. The predicted molar refractivity (Wildman–Crippen MR) is 92.1 cm³/mol. The number of benzene rings is 1. The van der Waals surface area contributed by atoms with Crippen LogP contribution in [0.25, 0.3) is 0 Å². The van der Waals surface area contributed by atoms with E-state index in [2.05, 4.69) is 4.90 Å². The van der Waals surface area contributed by atoms with Crippen molar-refractivity contribution in [2.75, 3.05) is 33.0 Å². The molecule has 2 aliphatic heterocycles. The zero-order valence-corrected chi connectivity index (χ0v) is 14.7. The molecule has 2 aliphatic rings. The Morgan fingerprint density at radius 1 is 1.17 bits per heavy atom. The molecule has 4 nitrogen and oxygen atoms in total. The maximum Gasteiger partial charge on any atom is 0.162 e. The first-order valence-electron chi connectivity index (χ1n) is 8.40. The summed E-state index contributed by atoms with van der Waals surface area (Å²) in [7, 11) is 0. The second-order valence-corrected chi connectivity index (χ2v) is 6.48. The molecule has 1 aromatic rings. The highest BCUT2D eigenvalue weighted by Gasteiger charge is 2.37. The van der Waals surface area contributed by atoms with Crippen molar-refractivity contribution in [3.63, 3.8) is 0 Å². The molecular formula is C18H25ClFNO3. The average Bonchev–Trinajstić information content (AvgIpc) is 2.58. The molecule has 0 aromatic heterocycles. The number of hydrogen-bond donors (Lipinski definition) is 0. The SMILES string of the molecule is Cl.O=C(CCCN1CCC2(CCOCO2)CC1)c1ccc(F)cc1. The smallest absolute Gasteiger partial charge is 0.162 e. The van der Waals surface area contributed by atoms with Crippen LogP contribution in [-0.4, -0.2) is 49.3 Å². The van der Waals surface area contributed by atoms with Crippen LogP contribution in [0.1, 0.15) is 42.5 Å². The number of likely N-dealkylation sites (tertiary alicyclic amines) is 1. The molecule has 0 aliphatic carbocycles. The lowest BCUT2D eigenvalue weighted by Crippen LogP contribution is -2.49. The van der Waals surface area contributed by atoms with Gasteiger partial charge in [0.2, 0.25) is 0 Å². The Bertz CT molecular complexity index is 522. The monoisotopic (exact) mass is 357 g/mol. The molecule has 0 unspecified atom stereocenters. The first-order valence-corrected chi connectivity index (χ1v) is 8.40. The van der Waals surface area contributed by atoms with Crippen LogP contribution < -0.4 is 0 Å². The third-order valence-electron chi connectivity index (χ3n) is 4.96. The third kappa shape index (κ3) is 4.99. The van der Waals surface area contributed by atoms with Gasteiger partial charge in [-0.05, 0) is 50.1 Å². The lowest BCUT2D eigenvalue weighted by Gasteiger charge is -2.43. The first kappa shape index (κ1) is 19.3. The van der Waals surface area contributed by atoms with E-state index in [0.717, 1.165) is 51.9 Å². The van der Waals surface area contributed by atoms with Crippen molar-refractivity contribution in [1.29, 1.82) is 0 Å². The summed E-state index contributed by atoms with van der Waals surface area (Å²) in [5.41, 5.74) is 0.623. The summed E-state index contributed by atoms with van der Waals surface area (Å²) < 4.78 is 24.0. The third-order valence-corrected chi connectivity index (χ3v) is 4.96. The van der Waals surface area contributed by atoms with Crippen molar-refractivity contribution in [2.24, 2.45) is 0 Å². The van der Waals surface area contributed by atoms with Crippen LogP contribution in [0.3, 0.4) is 0 Å². The number of Topliss-reactive ketones (excluding diaryl/α,β-unsaturated/α-hetero) is 1. The number of ketones is 1. The van der Waals surface area contributed by atoms with Gasteiger partial charge in [-0.3, -0.25) is 4.79 Å². The van der Waals surface area contributed by atoms with E-state index >= 15 is 0 Å². The molecule has 2 saturated heterocycles. The lowest BCUT2D eigenvalue weighted by molar-refractivity contribution is -0.208. The van der Waals surface area contributed by atoms with Gasteiger partial charge in [0, 0.05) is 31.5 Å². The number of nitrogens with zero attached hydrogens (tertiary/aromatic N) is 1. The topological polar surface area (TPSA) is 38.8 Å². The number of carbonyl (C=O) groups is 1. The second kappa shape index (κ2) is 8.90. The van der Waals surface area contributed by atoms with Gasteiger partial charge in [0.25, 0.3) is 0 Å². The number of carbonyl (C=O) groups excluding carboxylic acids is 1. The zero-order chi connectivity index (χ0) is 16.1. The standard InChI is InChI=1S/C18H24FNO3.ClH/c19-16-5-3-15(4-6-16)17(21)2-1-10-20-11-7-18(8-12-20)9-13-22-14-23-18;/h3-6H,1-2,7-14H2;1H. The van der Waals surface area contributed by atoms with Crippen LogP contribution in [0.2, 0.25) is 0 Å². The summed E-state index contributed by atoms with van der Waals surface area (Å²) >= 11 is 0. The fraction of sp³-hybridized carbons (Fsp3) is 0.611. The minimum Gasteiger partial charge on any atom is -0.355 e. The highest BCUT2D eigenvalue weighted by Crippen LogP contribution is 2.32. The molecule has 1 spiro atoms. The molecule has 0 bridgehead atoms. The quantitative estimate of drug-likeness (QED) is 0.757. The van der Waals surface area contributed by atoms with Crippen molar-refractivity contribution in [1.82, 2.24) is 4.90 Å². The van der Waals surface area contributed by atoms with Gasteiger partial charge in [0.05, 0.1) is 12.2 Å². The first-order chi connectivity index (χ1) is 11.2. The lowest BCUT2D eigenvalue weighted by atomic mass is 9.87. The van der Waals surface area contributed by atoms with Crippen LogP contribution in [0.15, 0.2) is 24.3 Å². The molecule has 0 atom stereocenters. The van der Waals surface area contributed by atoms with Gasteiger partial charge in [-0.1, -0.05) is 0 Å². The molecule has 2 heterocycles. The van der Waals surface area contributed by atoms with Gasteiger partial charge >= 0.3 is 0 Å². The Labute approximate surface area is 148 Å². The van der Waals surface area contributed by atoms with Crippen molar-refractivity contribution < 1.29 is 18.7 Å². The Hall–Kier alpha value is -1.01. The van der Waals surface area contributed by atoms with Crippen LogP contribution in [0, 0.1) is 5.82 Å². The van der Waals surface area contributed by atoms with E-state index in [1.165, 1.54) is 12.1 Å². The number of halogens is 2. The number of piperidine rings is 1. The Kier molecular flexibility index (Phi) is 7.16. The van der Waals surface area contributed by atoms with E-state index in [1.807, 2.05) is 0 Å². The average molecular weight is 358 g/mol. The fourth-order valence-electron chi connectivity index (χ4n) is 3.38. The van der Waals surface area contributed by atoms with Crippen LogP contribution in [-0.2, 0) is 9.47 Å². The molecule has 3 rings (SSSR count). The molecule has 0 N–H and O–H groups in total. The van der Waals surface area contributed by atoms with E-state index in [4.69, 9.17) is 9.47 Å². The highest BCUT2D eigenvalue weighted by molar-refractivity contribution is 5.95. The summed E-state index contributed by atoms with van der Waals surface area (Å²) in [6.45, 7) is 4.19. The molecule has 1 aromatic carbocycles. The number of ether oxygens (including phenoxy) is 2. The van der Waals surface area contributed by atoms with Crippen LogP contribution in [0.5, 0.6) is 0 Å². The van der Waals surface area contributed by atoms with Crippen molar-refractivity contribution in [3.8, 4) is 0 Å².